The Labute approximate surface area is 222 Å². The summed E-state index contributed by atoms with van der Waals surface area (Å²) in [6.07, 6.45) is -2.53. The fourth-order valence-corrected chi connectivity index (χ4v) is 6.85. The van der Waals surface area contributed by atoms with E-state index in [1.807, 2.05) is 31.3 Å². The van der Waals surface area contributed by atoms with Gasteiger partial charge in [0.15, 0.2) is 8.32 Å². The molecular weight excluding hydrogens is 523 g/mol. The van der Waals surface area contributed by atoms with Crippen molar-refractivity contribution in [1.29, 1.82) is 0 Å². The number of alkyl carbamates (subject to hydrolysis) is 1. The lowest BCUT2D eigenvalue weighted by Crippen LogP contribution is -2.50. The fourth-order valence-electron chi connectivity index (χ4n) is 3.15. The molecule has 0 aliphatic rings. The van der Waals surface area contributed by atoms with Crippen molar-refractivity contribution < 1.29 is 31.8 Å². The number of benzene rings is 1. The summed E-state index contributed by atoms with van der Waals surface area (Å²) in [5, 5.41) is 2.47. The van der Waals surface area contributed by atoms with Gasteiger partial charge in [0.05, 0.1) is 25.4 Å². The molecule has 1 aromatic rings. The predicted octanol–water partition coefficient (Wildman–Crippen LogP) is 8.01. The summed E-state index contributed by atoms with van der Waals surface area (Å²) in [4.78, 5) is 12.9. The first-order valence-corrected chi connectivity index (χ1v) is 17.8. The van der Waals surface area contributed by atoms with E-state index >= 15 is 8.78 Å². The van der Waals surface area contributed by atoms with Gasteiger partial charge in [-0.1, -0.05) is 51.1 Å². The highest BCUT2D eigenvalue weighted by atomic mass is 32.5. The predicted molar refractivity (Wildman–Crippen MR) is 148 cm³/mol. The van der Waals surface area contributed by atoms with E-state index in [9.17, 15) is 4.79 Å². The number of rotatable bonds is 12. The van der Waals surface area contributed by atoms with Crippen LogP contribution < -0.4 is 5.32 Å². The number of alkyl halides is 2. The Hall–Kier alpha value is -0.903. The van der Waals surface area contributed by atoms with Gasteiger partial charge in [0.2, 0.25) is 0 Å². The van der Waals surface area contributed by atoms with Crippen molar-refractivity contribution in [3.63, 3.8) is 0 Å². The lowest BCUT2D eigenvalue weighted by atomic mass is 10.00. The molecule has 0 spiro atoms. The number of hydrogen-bond donors (Lipinski definition) is 1. The molecule has 208 valence electrons. The standard InChI is InChI=1S/C25H44F2NO5PSSi/c1-11-30-34(35,31-12-2)25(26,27)18-20(28-22(29)32-23(3,4)5)21(19-16-14-13-15-17-19)33-36(9,10)24(6,7)8/h13-17,20-21H,11-12,18H2,1-10H3,(H,28,29)/t20-,21+/m1/s1. The second-order valence-corrected chi connectivity index (χ2v) is 19.5. The molecule has 0 unspecified atom stereocenters. The third kappa shape index (κ3) is 9.44. The minimum Gasteiger partial charge on any atom is -0.444 e. The van der Waals surface area contributed by atoms with Gasteiger partial charge < -0.3 is 23.5 Å². The van der Waals surface area contributed by atoms with E-state index in [1.54, 1.807) is 46.8 Å². The third-order valence-electron chi connectivity index (χ3n) is 5.89. The Kier molecular flexibility index (Phi) is 11.7. The lowest BCUT2D eigenvalue weighted by Gasteiger charge is -2.42. The molecule has 1 rings (SSSR count). The molecule has 0 bridgehead atoms. The summed E-state index contributed by atoms with van der Waals surface area (Å²) in [5.41, 5.74) is -3.69. The van der Waals surface area contributed by atoms with Crippen LogP contribution in [0.25, 0.3) is 0 Å². The van der Waals surface area contributed by atoms with Crippen LogP contribution in [0.2, 0.25) is 18.1 Å². The number of hydrogen-bond acceptors (Lipinski definition) is 6. The smallest absolute Gasteiger partial charge is 0.407 e. The Balaban J connectivity index is 3.61. The van der Waals surface area contributed by atoms with Gasteiger partial charge in [-0.3, -0.25) is 0 Å². The molecule has 0 fully saturated rings. The van der Waals surface area contributed by atoms with Crippen LogP contribution in [0.5, 0.6) is 0 Å². The highest BCUT2D eigenvalue weighted by Crippen LogP contribution is 2.64. The molecule has 6 nitrogen and oxygen atoms in total. The Morgan fingerprint density at radius 1 is 1.03 bits per heavy atom. The van der Waals surface area contributed by atoms with Crippen LogP contribution in [0.15, 0.2) is 30.3 Å². The zero-order chi connectivity index (χ0) is 28.0. The van der Waals surface area contributed by atoms with E-state index in [-0.39, 0.29) is 18.3 Å². The van der Waals surface area contributed by atoms with Crippen LogP contribution in [0.4, 0.5) is 13.6 Å². The maximum Gasteiger partial charge on any atom is 0.407 e. The first kappa shape index (κ1) is 33.1. The minimum absolute atomic E-state index is 0.0143. The van der Waals surface area contributed by atoms with E-state index in [0.29, 0.717) is 5.56 Å². The van der Waals surface area contributed by atoms with E-state index in [0.717, 1.165) is 0 Å². The molecule has 0 saturated carbocycles. The van der Waals surface area contributed by atoms with Crippen molar-refractivity contribution in [3.8, 4) is 0 Å². The molecule has 0 aromatic heterocycles. The molecule has 0 aliphatic heterocycles. The van der Waals surface area contributed by atoms with Crippen LogP contribution in [0.3, 0.4) is 0 Å². The Morgan fingerprint density at radius 3 is 1.94 bits per heavy atom. The number of carbonyl (C=O) groups is 1. The SMILES string of the molecule is CCOP(=S)(OCC)C(F)(F)C[C@@H](NC(=O)OC(C)(C)C)[C@@H](O[Si](C)(C)C(C)(C)C)c1ccccc1. The topological polar surface area (TPSA) is 66.0 Å². The number of amides is 1. The van der Waals surface area contributed by atoms with Crippen molar-refractivity contribution in [3.05, 3.63) is 35.9 Å². The van der Waals surface area contributed by atoms with Crippen LogP contribution in [0, 0.1) is 0 Å². The Morgan fingerprint density at radius 2 is 1.53 bits per heavy atom. The first-order chi connectivity index (χ1) is 16.3. The van der Waals surface area contributed by atoms with Gasteiger partial charge in [0.25, 0.3) is 6.49 Å². The molecule has 36 heavy (non-hydrogen) atoms. The second kappa shape index (κ2) is 12.8. The molecule has 1 amide bonds. The van der Waals surface area contributed by atoms with Crippen LogP contribution in [-0.2, 0) is 30.0 Å². The first-order valence-electron chi connectivity index (χ1n) is 12.3. The zero-order valence-electron chi connectivity index (χ0n) is 23.3. The monoisotopic (exact) mass is 567 g/mol. The van der Waals surface area contributed by atoms with E-state index in [4.69, 9.17) is 30.0 Å². The summed E-state index contributed by atoms with van der Waals surface area (Å²) in [6, 6.07) is 7.90. The van der Waals surface area contributed by atoms with Crippen molar-refractivity contribution in [2.45, 2.75) is 103 Å². The summed E-state index contributed by atoms with van der Waals surface area (Å²) in [6.45, 7) is 14.6. The van der Waals surface area contributed by atoms with Crippen molar-refractivity contribution in [2.24, 2.45) is 0 Å². The van der Waals surface area contributed by atoms with Gasteiger partial charge in [0, 0.05) is 6.42 Å². The molecule has 1 aromatic carbocycles. The van der Waals surface area contributed by atoms with Gasteiger partial charge in [-0.2, -0.15) is 8.78 Å². The largest absolute Gasteiger partial charge is 0.444 e. The molecule has 0 radical (unpaired) electrons. The molecular formula is C25H44F2NO5PSSi. The molecule has 0 saturated heterocycles. The number of nitrogens with one attached hydrogen (secondary N) is 1. The minimum atomic E-state index is -4.01. The zero-order valence-corrected chi connectivity index (χ0v) is 26.0. The molecule has 0 aliphatic carbocycles. The van der Waals surface area contributed by atoms with E-state index in [1.165, 1.54) is 0 Å². The summed E-state index contributed by atoms with van der Waals surface area (Å²) >= 11 is 5.27. The van der Waals surface area contributed by atoms with Crippen molar-refractivity contribution >= 4 is 32.7 Å². The van der Waals surface area contributed by atoms with Crippen molar-refractivity contribution in [1.82, 2.24) is 5.32 Å². The van der Waals surface area contributed by atoms with E-state index < -0.39 is 50.7 Å². The van der Waals surface area contributed by atoms with Gasteiger partial charge >= 0.3 is 11.8 Å². The average molecular weight is 568 g/mol. The third-order valence-corrected chi connectivity index (χ3v) is 14.0. The van der Waals surface area contributed by atoms with Crippen LogP contribution in [-0.4, -0.2) is 44.9 Å². The second-order valence-electron chi connectivity index (χ2n) is 11.2. The van der Waals surface area contributed by atoms with Gasteiger partial charge in [0.1, 0.15) is 5.60 Å². The number of ether oxygens (including phenoxy) is 1. The average Bonchev–Trinajstić information content (AvgIpc) is 2.70. The Bertz CT molecular complexity index is 881. The summed E-state index contributed by atoms with van der Waals surface area (Å²) in [7, 11) is -2.48. The molecule has 0 heterocycles. The van der Waals surface area contributed by atoms with Crippen LogP contribution in [0.1, 0.15) is 73.5 Å². The molecule has 1 N–H and O–H groups in total. The normalized spacial score (nSPS) is 15.3. The molecule has 2 atom stereocenters. The van der Waals surface area contributed by atoms with Crippen molar-refractivity contribution in [2.75, 3.05) is 13.2 Å². The van der Waals surface area contributed by atoms with Gasteiger partial charge in [-0.05, 0) is 70.1 Å². The van der Waals surface area contributed by atoms with E-state index in [2.05, 4.69) is 26.1 Å². The molecule has 11 heteroatoms. The lowest BCUT2D eigenvalue weighted by molar-refractivity contribution is 0.00922. The maximum absolute atomic E-state index is 15.9. The fraction of sp³-hybridized carbons (Fsp3) is 0.720. The maximum atomic E-state index is 15.9. The quantitative estimate of drug-likeness (QED) is 0.204. The summed E-state index contributed by atoms with van der Waals surface area (Å²) in [5.74, 6) is 0. The highest BCUT2D eigenvalue weighted by Gasteiger charge is 2.52. The highest BCUT2D eigenvalue weighted by molar-refractivity contribution is 8.10. The van der Waals surface area contributed by atoms with Gasteiger partial charge in [-0.25, -0.2) is 4.79 Å². The number of halogens is 2. The summed E-state index contributed by atoms with van der Waals surface area (Å²) < 4.78 is 54.6. The van der Waals surface area contributed by atoms with Gasteiger partial charge in [-0.15, -0.1) is 0 Å². The number of carbonyl (C=O) groups excluding carboxylic acids is 1. The van der Waals surface area contributed by atoms with Crippen LogP contribution >= 0.6 is 6.49 Å².